The highest BCUT2D eigenvalue weighted by Crippen LogP contribution is 2.54. The number of nitrogens with zero attached hydrogens (tertiary/aromatic N) is 4. The van der Waals surface area contributed by atoms with Crippen LogP contribution in [0, 0.1) is 51.1 Å². The molecule has 0 unspecified atom stereocenters. The fourth-order valence-corrected chi connectivity index (χ4v) is 4.23. The predicted octanol–water partition coefficient (Wildman–Crippen LogP) is 2.58. The first kappa shape index (κ1) is 19.4. The number of allylic oxidation sites excluding steroid dienone is 2. The number of nitrogens with two attached hydrogens (primary N) is 1. The molecule has 0 bridgehead atoms. The number of hydrogen-bond acceptors (Lipinski definition) is 6. The van der Waals surface area contributed by atoms with Crippen molar-refractivity contribution in [1.29, 1.82) is 15.8 Å². The highest BCUT2D eigenvalue weighted by Gasteiger charge is 2.55. The first-order valence-corrected chi connectivity index (χ1v) is 8.96. The summed E-state index contributed by atoms with van der Waals surface area (Å²) in [4.78, 5) is 2.12. The standard InChI is InChI=1S/C21H20FN5O/c1-3-27-7-6-14-16(9-23)20(26)21(11-24,12-25)19(17(14)10-27)15-8-13(28-2)4-5-18(15)22/h4-6,8,17,19H,3,7,10,26H2,1-2H3/t17-,19+/m1/s1. The summed E-state index contributed by atoms with van der Waals surface area (Å²) in [6, 6.07) is 10.3. The third-order valence-electron chi connectivity index (χ3n) is 5.73. The van der Waals surface area contributed by atoms with E-state index >= 15 is 0 Å². The molecule has 0 radical (unpaired) electrons. The molecule has 3 rings (SSSR count). The molecule has 0 aromatic heterocycles. The lowest BCUT2D eigenvalue weighted by molar-refractivity contribution is 0.212. The van der Waals surface area contributed by atoms with E-state index in [4.69, 9.17) is 10.5 Å². The van der Waals surface area contributed by atoms with Gasteiger partial charge in [-0.05, 0) is 35.9 Å². The Hall–Kier alpha value is -3.34. The summed E-state index contributed by atoms with van der Waals surface area (Å²) in [5.74, 6) is -1.41. The van der Waals surface area contributed by atoms with Gasteiger partial charge in [0.25, 0.3) is 0 Å². The molecule has 0 amide bonds. The number of fused-ring (bicyclic) bond motifs is 1. The zero-order valence-corrected chi connectivity index (χ0v) is 15.7. The molecular weight excluding hydrogens is 357 g/mol. The highest BCUT2D eigenvalue weighted by molar-refractivity contribution is 5.59. The van der Waals surface area contributed by atoms with Crippen LogP contribution in [-0.2, 0) is 0 Å². The van der Waals surface area contributed by atoms with Crippen LogP contribution in [0.3, 0.4) is 0 Å². The first-order chi connectivity index (χ1) is 13.5. The van der Waals surface area contributed by atoms with Crippen LogP contribution >= 0.6 is 0 Å². The van der Waals surface area contributed by atoms with E-state index in [0.29, 0.717) is 24.4 Å². The SMILES string of the molecule is CCN1CC=C2C(C#N)=C(N)C(C#N)(C#N)[C@@H](c3cc(OC)ccc3F)[C@@H]2C1. The quantitative estimate of drug-likeness (QED) is 0.867. The van der Waals surface area contributed by atoms with Crippen LogP contribution in [-0.4, -0.2) is 31.6 Å². The molecule has 1 aromatic carbocycles. The average molecular weight is 377 g/mol. The van der Waals surface area contributed by atoms with E-state index in [-0.39, 0.29) is 16.8 Å². The predicted molar refractivity (Wildman–Crippen MR) is 99.9 cm³/mol. The number of nitriles is 3. The van der Waals surface area contributed by atoms with Gasteiger partial charge in [0.15, 0.2) is 5.41 Å². The van der Waals surface area contributed by atoms with Crippen molar-refractivity contribution in [3.63, 3.8) is 0 Å². The van der Waals surface area contributed by atoms with Crippen molar-refractivity contribution in [1.82, 2.24) is 4.90 Å². The van der Waals surface area contributed by atoms with Crippen molar-refractivity contribution in [2.45, 2.75) is 12.8 Å². The molecule has 2 atom stereocenters. The highest BCUT2D eigenvalue weighted by atomic mass is 19.1. The summed E-state index contributed by atoms with van der Waals surface area (Å²) < 4.78 is 20.2. The minimum absolute atomic E-state index is 0.111. The van der Waals surface area contributed by atoms with Crippen molar-refractivity contribution < 1.29 is 9.13 Å². The molecule has 2 aliphatic rings. The molecule has 1 aromatic rings. The number of hydrogen-bond donors (Lipinski definition) is 1. The van der Waals surface area contributed by atoms with Gasteiger partial charge in [0.2, 0.25) is 0 Å². The summed E-state index contributed by atoms with van der Waals surface area (Å²) in [7, 11) is 1.46. The largest absolute Gasteiger partial charge is 0.497 e. The Labute approximate surface area is 163 Å². The lowest BCUT2D eigenvalue weighted by atomic mass is 9.58. The first-order valence-electron chi connectivity index (χ1n) is 8.96. The van der Waals surface area contributed by atoms with Gasteiger partial charge in [-0.15, -0.1) is 0 Å². The van der Waals surface area contributed by atoms with E-state index in [1.165, 1.54) is 25.3 Å². The molecule has 0 spiro atoms. The molecule has 0 fully saturated rings. The van der Waals surface area contributed by atoms with E-state index in [1.807, 2.05) is 25.1 Å². The second kappa shape index (κ2) is 7.35. The van der Waals surface area contributed by atoms with Gasteiger partial charge in [0.05, 0.1) is 30.5 Å². The third kappa shape index (κ3) is 2.71. The maximum Gasteiger partial charge on any atom is 0.191 e. The maximum atomic E-state index is 14.9. The number of ether oxygens (including phenoxy) is 1. The maximum absolute atomic E-state index is 14.9. The molecule has 1 aliphatic carbocycles. The van der Waals surface area contributed by atoms with Crippen LogP contribution in [0.5, 0.6) is 5.75 Å². The summed E-state index contributed by atoms with van der Waals surface area (Å²) in [6.45, 7) is 3.87. The Morgan fingerprint density at radius 2 is 2.04 bits per heavy atom. The number of likely N-dealkylation sites (N-methyl/N-ethyl adjacent to an activating group) is 1. The fourth-order valence-electron chi connectivity index (χ4n) is 4.23. The summed E-state index contributed by atoms with van der Waals surface area (Å²) >= 11 is 0. The Kier molecular flexibility index (Phi) is 5.10. The molecule has 0 saturated carbocycles. The Bertz CT molecular complexity index is 978. The van der Waals surface area contributed by atoms with Crippen LogP contribution < -0.4 is 10.5 Å². The van der Waals surface area contributed by atoms with Gasteiger partial charge in [-0.1, -0.05) is 13.0 Å². The molecular formula is C21H20FN5O. The van der Waals surface area contributed by atoms with Crippen molar-refractivity contribution in [3.8, 4) is 24.0 Å². The fraction of sp³-hybridized carbons (Fsp3) is 0.381. The number of rotatable bonds is 3. The lowest BCUT2D eigenvalue weighted by Gasteiger charge is -2.45. The van der Waals surface area contributed by atoms with E-state index in [1.54, 1.807) is 0 Å². The van der Waals surface area contributed by atoms with Crippen molar-refractivity contribution in [3.05, 3.63) is 52.5 Å². The van der Waals surface area contributed by atoms with Gasteiger partial charge in [-0.3, -0.25) is 4.90 Å². The zero-order chi connectivity index (χ0) is 20.5. The normalized spacial score (nSPS) is 23.6. The number of halogens is 1. The zero-order valence-electron chi connectivity index (χ0n) is 15.7. The second-order valence-electron chi connectivity index (χ2n) is 6.92. The van der Waals surface area contributed by atoms with Crippen molar-refractivity contribution in [2.75, 3.05) is 26.7 Å². The summed E-state index contributed by atoms with van der Waals surface area (Å²) in [6.07, 6.45) is 1.90. The van der Waals surface area contributed by atoms with E-state index in [0.717, 1.165) is 6.54 Å². The van der Waals surface area contributed by atoms with Crippen LogP contribution in [0.4, 0.5) is 4.39 Å². The number of methoxy groups -OCH3 is 1. The van der Waals surface area contributed by atoms with Crippen LogP contribution in [0.1, 0.15) is 18.4 Å². The van der Waals surface area contributed by atoms with Gasteiger partial charge in [0, 0.05) is 24.9 Å². The van der Waals surface area contributed by atoms with Gasteiger partial charge in [0.1, 0.15) is 17.6 Å². The van der Waals surface area contributed by atoms with E-state index < -0.39 is 23.1 Å². The van der Waals surface area contributed by atoms with Crippen LogP contribution in [0.25, 0.3) is 0 Å². The van der Waals surface area contributed by atoms with Crippen LogP contribution in [0.15, 0.2) is 41.1 Å². The molecule has 142 valence electrons. The van der Waals surface area contributed by atoms with Crippen molar-refractivity contribution >= 4 is 0 Å². The van der Waals surface area contributed by atoms with Gasteiger partial charge in [-0.25, -0.2) is 4.39 Å². The van der Waals surface area contributed by atoms with Gasteiger partial charge < -0.3 is 10.5 Å². The topological polar surface area (TPSA) is 110 Å². The molecule has 7 heteroatoms. The van der Waals surface area contributed by atoms with Crippen LogP contribution in [0.2, 0.25) is 0 Å². The Morgan fingerprint density at radius 1 is 1.32 bits per heavy atom. The second-order valence-corrected chi connectivity index (χ2v) is 6.92. The van der Waals surface area contributed by atoms with E-state index in [2.05, 4.69) is 11.0 Å². The Morgan fingerprint density at radius 3 is 2.61 bits per heavy atom. The average Bonchev–Trinajstić information content (AvgIpc) is 2.73. The Balaban J connectivity index is 2.35. The molecule has 2 N–H and O–H groups in total. The molecule has 1 heterocycles. The molecule has 6 nitrogen and oxygen atoms in total. The minimum Gasteiger partial charge on any atom is -0.497 e. The van der Waals surface area contributed by atoms with Gasteiger partial charge >= 0.3 is 0 Å². The van der Waals surface area contributed by atoms with E-state index in [9.17, 15) is 20.2 Å². The molecule has 28 heavy (non-hydrogen) atoms. The van der Waals surface area contributed by atoms with Crippen molar-refractivity contribution in [2.24, 2.45) is 17.1 Å². The van der Waals surface area contributed by atoms with Gasteiger partial charge in [-0.2, -0.15) is 15.8 Å². The molecule has 1 aliphatic heterocycles. The monoisotopic (exact) mass is 377 g/mol. The summed E-state index contributed by atoms with van der Waals surface area (Å²) in [5, 5.41) is 29.7. The minimum atomic E-state index is -1.85. The summed E-state index contributed by atoms with van der Waals surface area (Å²) in [5.41, 5.74) is 5.28. The smallest absolute Gasteiger partial charge is 0.191 e. The number of benzene rings is 1. The lowest BCUT2D eigenvalue weighted by Crippen LogP contribution is -2.48. The molecule has 0 saturated heterocycles. The third-order valence-corrected chi connectivity index (χ3v) is 5.73.